The third-order valence-corrected chi connectivity index (χ3v) is 2.58. The topological polar surface area (TPSA) is 101 Å². The van der Waals surface area contributed by atoms with Gasteiger partial charge in [-0.3, -0.25) is 14.9 Å². The zero-order chi connectivity index (χ0) is 13.9. The highest BCUT2D eigenvalue weighted by molar-refractivity contribution is 5.88. The van der Waals surface area contributed by atoms with E-state index in [0.717, 1.165) is 4.90 Å². The summed E-state index contributed by atoms with van der Waals surface area (Å²) in [5.74, 6) is -1.19. The number of nitro benzene ring substituents is 1. The molecule has 0 heterocycles. The van der Waals surface area contributed by atoms with Crippen LogP contribution in [-0.2, 0) is 9.59 Å². The van der Waals surface area contributed by atoms with Gasteiger partial charge in [-0.25, -0.2) is 4.79 Å². The first kappa shape index (κ1) is 13.6. The largest absolute Gasteiger partial charge is 0.480 e. The zero-order valence-corrected chi connectivity index (χ0v) is 9.86. The van der Waals surface area contributed by atoms with E-state index in [0.29, 0.717) is 12.0 Å². The number of aryl methyl sites for hydroxylation is 1. The molecule has 7 heteroatoms. The van der Waals surface area contributed by atoms with Gasteiger partial charge in [-0.2, -0.15) is 0 Å². The van der Waals surface area contributed by atoms with Crippen molar-refractivity contribution in [2.75, 3.05) is 4.90 Å². The van der Waals surface area contributed by atoms with Crippen LogP contribution >= 0.6 is 0 Å². The number of hydrogen-bond donors (Lipinski definition) is 1. The molecule has 96 valence electrons. The number of rotatable bonds is 5. The third kappa shape index (κ3) is 2.62. The molecule has 1 unspecified atom stereocenters. The molecule has 18 heavy (non-hydrogen) atoms. The number of carbonyl (C=O) groups is 2. The zero-order valence-electron chi connectivity index (χ0n) is 9.86. The van der Waals surface area contributed by atoms with Gasteiger partial charge < -0.3 is 10.0 Å². The summed E-state index contributed by atoms with van der Waals surface area (Å²) < 4.78 is 0. The standard InChI is InChI=1S/C11H12N2O5/c1-7-3-4-9(5-10(7)13(17)18)12(6-14)8(2)11(15)16/h3-6,8H,1-2H3,(H,15,16). The number of amides is 1. The lowest BCUT2D eigenvalue weighted by molar-refractivity contribution is -0.385. The minimum atomic E-state index is -1.19. The molecule has 0 bridgehead atoms. The number of carbonyl (C=O) groups excluding carboxylic acids is 1. The van der Waals surface area contributed by atoms with Crippen LogP contribution in [-0.4, -0.2) is 28.5 Å². The summed E-state index contributed by atoms with van der Waals surface area (Å²) in [7, 11) is 0. The number of aliphatic carboxylic acids is 1. The van der Waals surface area contributed by atoms with E-state index in [9.17, 15) is 19.7 Å². The Balaban J connectivity index is 3.23. The molecule has 0 aliphatic rings. The van der Waals surface area contributed by atoms with Gasteiger partial charge in [0.25, 0.3) is 5.69 Å². The molecule has 7 nitrogen and oxygen atoms in total. The lowest BCUT2D eigenvalue weighted by atomic mass is 10.1. The maximum atomic E-state index is 10.9. The molecule has 0 radical (unpaired) electrons. The Hall–Kier alpha value is -2.44. The SMILES string of the molecule is Cc1ccc(N(C=O)C(C)C(=O)O)cc1[N+](=O)[O-]. The first-order valence-corrected chi connectivity index (χ1v) is 5.10. The van der Waals surface area contributed by atoms with Gasteiger partial charge in [-0.05, 0) is 19.9 Å². The predicted octanol–water partition coefficient (Wildman–Crippen LogP) is 1.34. The second kappa shape index (κ2) is 5.26. The molecule has 0 fully saturated rings. The normalized spacial score (nSPS) is 11.7. The van der Waals surface area contributed by atoms with Crippen molar-refractivity contribution in [1.29, 1.82) is 0 Å². The highest BCUT2D eigenvalue weighted by atomic mass is 16.6. The van der Waals surface area contributed by atoms with Crippen molar-refractivity contribution in [2.24, 2.45) is 0 Å². The van der Waals surface area contributed by atoms with Crippen LogP contribution in [0, 0.1) is 17.0 Å². The Kier molecular flexibility index (Phi) is 3.98. The first-order chi connectivity index (χ1) is 8.38. The van der Waals surface area contributed by atoms with Crippen LogP contribution in [0.2, 0.25) is 0 Å². The van der Waals surface area contributed by atoms with E-state index >= 15 is 0 Å². The van der Waals surface area contributed by atoms with E-state index in [1.165, 1.54) is 25.1 Å². The fraction of sp³-hybridized carbons (Fsp3) is 0.273. The Labute approximate surface area is 103 Å². The summed E-state index contributed by atoms with van der Waals surface area (Å²) in [5.41, 5.74) is 0.465. The fourth-order valence-corrected chi connectivity index (χ4v) is 1.45. The van der Waals surface area contributed by atoms with E-state index in [4.69, 9.17) is 5.11 Å². The first-order valence-electron chi connectivity index (χ1n) is 5.10. The lowest BCUT2D eigenvalue weighted by Gasteiger charge is -2.21. The van der Waals surface area contributed by atoms with Crippen molar-refractivity contribution in [3.8, 4) is 0 Å². The van der Waals surface area contributed by atoms with Gasteiger partial charge in [-0.1, -0.05) is 6.07 Å². The van der Waals surface area contributed by atoms with Gasteiger partial charge in [0.15, 0.2) is 0 Å². The molecule has 0 aliphatic carbocycles. The smallest absolute Gasteiger partial charge is 0.326 e. The fourth-order valence-electron chi connectivity index (χ4n) is 1.45. The summed E-state index contributed by atoms with van der Waals surface area (Å²) in [6.07, 6.45) is 0.340. The lowest BCUT2D eigenvalue weighted by Crippen LogP contribution is -2.38. The summed E-state index contributed by atoms with van der Waals surface area (Å²) in [4.78, 5) is 32.9. The van der Waals surface area contributed by atoms with Crippen LogP contribution in [0.1, 0.15) is 12.5 Å². The summed E-state index contributed by atoms with van der Waals surface area (Å²) >= 11 is 0. The van der Waals surface area contributed by atoms with Crippen LogP contribution in [0.3, 0.4) is 0 Å². The van der Waals surface area contributed by atoms with Gasteiger partial charge >= 0.3 is 5.97 Å². The molecule has 0 saturated heterocycles. The molecule has 1 atom stereocenters. The number of carboxylic acid groups (broad SMARTS) is 1. The molecule has 1 aromatic rings. The van der Waals surface area contributed by atoms with Crippen LogP contribution in [0.4, 0.5) is 11.4 Å². The summed E-state index contributed by atoms with van der Waals surface area (Å²) in [5, 5.41) is 19.6. The molecule has 1 N–H and O–H groups in total. The Morgan fingerprint density at radius 1 is 1.56 bits per heavy atom. The molecule has 0 aliphatic heterocycles. The number of carboxylic acids is 1. The van der Waals surface area contributed by atoms with E-state index in [1.807, 2.05) is 0 Å². The van der Waals surface area contributed by atoms with Crippen molar-refractivity contribution in [3.63, 3.8) is 0 Å². The van der Waals surface area contributed by atoms with E-state index in [-0.39, 0.29) is 11.4 Å². The average Bonchev–Trinajstić information content (AvgIpc) is 2.31. The Bertz CT molecular complexity index is 500. The number of benzene rings is 1. The van der Waals surface area contributed by atoms with Crippen molar-refractivity contribution >= 4 is 23.8 Å². The van der Waals surface area contributed by atoms with Crippen LogP contribution in [0.15, 0.2) is 18.2 Å². The monoisotopic (exact) mass is 252 g/mol. The van der Waals surface area contributed by atoms with Crippen LogP contribution in [0.5, 0.6) is 0 Å². The van der Waals surface area contributed by atoms with Crippen molar-refractivity contribution in [2.45, 2.75) is 19.9 Å². The predicted molar refractivity (Wildman–Crippen MR) is 63.5 cm³/mol. The minimum Gasteiger partial charge on any atom is -0.480 e. The second-order valence-electron chi connectivity index (χ2n) is 3.75. The maximum Gasteiger partial charge on any atom is 0.326 e. The van der Waals surface area contributed by atoms with E-state index in [1.54, 1.807) is 6.92 Å². The van der Waals surface area contributed by atoms with Crippen molar-refractivity contribution < 1.29 is 19.6 Å². The Morgan fingerprint density at radius 3 is 2.61 bits per heavy atom. The van der Waals surface area contributed by atoms with E-state index in [2.05, 4.69) is 0 Å². The van der Waals surface area contributed by atoms with Gasteiger partial charge in [0.1, 0.15) is 6.04 Å². The van der Waals surface area contributed by atoms with Gasteiger partial charge in [0.05, 0.1) is 10.6 Å². The van der Waals surface area contributed by atoms with Gasteiger partial charge in [0, 0.05) is 11.6 Å². The minimum absolute atomic E-state index is 0.156. The molecule has 0 spiro atoms. The van der Waals surface area contributed by atoms with Crippen molar-refractivity contribution in [3.05, 3.63) is 33.9 Å². The highest BCUT2D eigenvalue weighted by Gasteiger charge is 2.22. The number of anilines is 1. The molecular formula is C11H12N2O5. The second-order valence-corrected chi connectivity index (χ2v) is 3.75. The molecule has 0 aromatic heterocycles. The number of nitrogens with zero attached hydrogens (tertiary/aromatic N) is 2. The van der Waals surface area contributed by atoms with E-state index < -0.39 is 16.9 Å². The average molecular weight is 252 g/mol. The number of hydrogen-bond acceptors (Lipinski definition) is 4. The maximum absolute atomic E-state index is 10.9. The quantitative estimate of drug-likeness (QED) is 0.484. The molecule has 1 rings (SSSR count). The number of nitro groups is 1. The van der Waals surface area contributed by atoms with Crippen LogP contribution < -0.4 is 4.90 Å². The molecule has 0 saturated carbocycles. The molecule has 1 amide bonds. The van der Waals surface area contributed by atoms with Gasteiger partial charge in [-0.15, -0.1) is 0 Å². The summed E-state index contributed by atoms with van der Waals surface area (Å²) in [6, 6.07) is 3.03. The van der Waals surface area contributed by atoms with Gasteiger partial charge in [0.2, 0.25) is 6.41 Å². The summed E-state index contributed by atoms with van der Waals surface area (Å²) in [6.45, 7) is 2.89. The van der Waals surface area contributed by atoms with Crippen molar-refractivity contribution in [1.82, 2.24) is 0 Å². The third-order valence-electron chi connectivity index (χ3n) is 2.58. The van der Waals surface area contributed by atoms with Crippen LogP contribution in [0.25, 0.3) is 0 Å². The Morgan fingerprint density at radius 2 is 2.17 bits per heavy atom. The highest BCUT2D eigenvalue weighted by Crippen LogP contribution is 2.25. The molecule has 1 aromatic carbocycles. The molecular weight excluding hydrogens is 240 g/mol.